The number of hydrogen-bond donors (Lipinski definition) is 2. The van der Waals surface area contributed by atoms with Crippen LogP contribution in [0, 0.1) is 5.92 Å². The second-order valence-corrected chi connectivity index (χ2v) is 4.76. The van der Waals surface area contributed by atoms with Gasteiger partial charge < -0.3 is 10.2 Å². The highest BCUT2D eigenvalue weighted by Crippen LogP contribution is 2.26. The van der Waals surface area contributed by atoms with Gasteiger partial charge in [-0.25, -0.2) is 5.10 Å². The molecule has 1 aliphatic rings. The highest BCUT2D eigenvalue weighted by molar-refractivity contribution is 6.32. The van der Waals surface area contributed by atoms with Crippen LogP contribution in [0.5, 0.6) is 0 Å². The Morgan fingerprint density at radius 3 is 2.94 bits per heavy atom. The lowest BCUT2D eigenvalue weighted by Gasteiger charge is -2.33. The first kappa shape index (κ1) is 12.4. The lowest BCUT2D eigenvalue weighted by Crippen LogP contribution is -2.37. The van der Waals surface area contributed by atoms with Crippen LogP contribution in [0.2, 0.25) is 5.02 Å². The van der Waals surface area contributed by atoms with E-state index >= 15 is 0 Å². The number of halogens is 1. The van der Waals surface area contributed by atoms with Crippen molar-refractivity contribution >= 4 is 17.3 Å². The number of H-pyrrole nitrogens is 1. The van der Waals surface area contributed by atoms with Crippen LogP contribution in [-0.2, 0) is 0 Å². The summed E-state index contributed by atoms with van der Waals surface area (Å²) in [5.41, 5.74) is 0.430. The van der Waals surface area contributed by atoms with Crippen LogP contribution in [-0.4, -0.2) is 36.9 Å². The number of anilines is 1. The molecule has 1 aliphatic heterocycles. The molecule has 1 aromatic rings. The van der Waals surface area contributed by atoms with Gasteiger partial charge in [-0.15, -0.1) is 0 Å². The molecule has 94 valence electrons. The number of aromatic nitrogens is 2. The molecule has 0 saturated carbocycles. The van der Waals surface area contributed by atoms with Crippen molar-refractivity contribution in [1.29, 1.82) is 0 Å². The van der Waals surface area contributed by atoms with Gasteiger partial charge >= 0.3 is 0 Å². The van der Waals surface area contributed by atoms with Crippen LogP contribution in [0.25, 0.3) is 0 Å². The fourth-order valence-corrected chi connectivity index (χ4v) is 2.47. The minimum atomic E-state index is -0.318. The molecule has 5 nitrogen and oxygen atoms in total. The fraction of sp³-hybridized carbons (Fsp3) is 0.636. The molecule has 0 aliphatic carbocycles. The highest BCUT2D eigenvalue weighted by atomic mass is 35.5. The zero-order chi connectivity index (χ0) is 12.3. The molecule has 0 atom stereocenters. The molecule has 17 heavy (non-hydrogen) atoms. The Kier molecular flexibility index (Phi) is 4.02. The highest BCUT2D eigenvalue weighted by Gasteiger charge is 2.21. The van der Waals surface area contributed by atoms with Gasteiger partial charge in [-0.2, -0.15) is 5.10 Å². The van der Waals surface area contributed by atoms with Gasteiger partial charge in [0.05, 0.1) is 11.9 Å². The monoisotopic (exact) mass is 256 g/mol. The molecule has 0 aromatic carbocycles. The topological polar surface area (TPSA) is 61.0 Å². The molecule has 1 aromatic heterocycles. The Bertz CT molecular complexity index is 426. The molecule has 2 rings (SSSR count). The third kappa shape index (κ3) is 2.79. The first-order valence-corrected chi connectivity index (χ1v) is 6.23. The molecule has 6 heteroatoms. The van der Waals surface area contributed by atoms with Crippen LogP contribution in [0.1, 0.15) is 12.8 Å². The summed E-state index contributed by atoms with van der Waals surface area (Å²) in [5, 5.41) is 9.58. The summed E-state index contributed by atoms with van der Waals surface area (Å²) in [6, 6.07) is 0. The van der Waals surface area contributed by atoms with E-state index in [9.17, 15) is 4.79 Å². The molecule has 0 bridgehead atoms. The average molecular weight is 257 g/mol. The second kappa shape index (κ2) is 5.51. The van der Waals surface area contributed by atoms with E-state index in [0.717, 1.165) is 38.2 Å². The fourth-order valence-electron chi connectivity index (χ4n) is 2.26. The number of nitrogens with one attached hydrogen (secondary N) is 2. The first-order valence-electron chi connectivity index (χ1n) is 5.85. The van der Waals surface area contributed by atoms with Crippen molar-refractivity contribution in [3.63, 3.8) is 0 Å². The van der Waals surface area contributed by atoms with Crippen LogP contribution in [0.4, 0.5) is 5.69 Å². The zero-order valence-corrected chi connectivity index (χ0v) is 10.6. The quantitative estimate of drug-likeness (QED) is 0.842. The predicted molar refractivity (Wildman–Crippen MR) is 68.7 cm³/mol. The van der Waals surface area contributed by atoms with Crippen LogP contribution >= 0.6 is 11.6 Å². The molecule has 2 N–H and O–H groups in total. The number of nitrogens with zero attached hydrogens (tertiary/aromatic N) is 2. The Morgan fingerprint density at radius 2 is 2.29 bits per heavy atom. The Labute approximate surface area is 105 Å². The van der Waals surface area contributed by atoms with Crippen LogP contribution in [0.3, 0.4) is 0 Å². The largest absolute Gasteiger partial charge is 0.369 e. The molecule has 1 fully saturated rings. The minimum Gasteiger partial charge on any atom is -0.369 e. The minimum absolute atomic E-state index is 0.243. The summed E-state index contributed by atoms with van der Waals surface area (Å²) < 4.78 is 0. The molecular weight excluding hydrogens is 240 g/mol. The van der Waals surface area contributed by atoms with Gasteiger partial charge in [0.2, 0.25) is 0 Å². The van der Waals surface area contributed by atoms with Gasteiger partial charge in [-0.1, -0.05) is 11.6 Å². The van der Waals surface area contributed by atoms with Crippen molar-refractivity contribution in [2.75, 3.05) is 31.6 Å². The van der Waals surface area contributed by atoms with Gasteiger partial charge in [0.25, 0.3) is 5.56 Å². The van der Waals surface area contributed by atoms with E-state index in [-0.39, 0.29) is 10.6 Å². The lowest BCUT2D eigenvalue weighted by molar-refractivity contribution is 0.393. The Morgan fingerprint density at radius 1 is 1.59 bits per heavy atom. The summed E-state index contributed by atoms with van der Waals surface area (Å²) >= 11 is 5.99. The molecule has 0 unspecified atom stereocenters. The van der Waals surface area contributed by atoms with E-state index in [4.69, 9.17) is 11.6 Å². The van der Waals surface area contributed by atoms with E-state index in [0.29, 0.717) is 5.92 Å². The molecule has 0 radical (unpaired) electrons. The van der Waals surface area contributed by atoms with E-state index in [2.05, 4.69) is 20.4 Å². The number of rotatable bonds is 3. The van der Waals surface area contributed by atoms with E-state index in [1.54, 1.807) is 6.20 Å². The standard InChI is InChI=1S/C11H17ClN4O/c1-13-6-8-2-4-16(5-3-8)9-7-14-15-11(17)10(9)12/h7-8,13H,2-6H2,1H3,(H,15,17). The third-order valence-corrected chi connectivity index (χ3v) is 3.59. The molecule has 2 heterocycles. The number of aromatic amines is 1. The normalized spacial score (nSPS) is 17.4. The van der Waals surface area contributed by atoms with Crippen molar-refractivity contribution < 1.29 is 0 Å². The zero-order valence-electron chi connectivity index (χ0n) is 9.87. The summed E-state index contributed by atoms with van der Waals surface area (Å²) in [4.78, 5) is 13.5. The molecule has 0 amide bonds. The molecular formula is C11H17ClN4O. The summed E-state index contributed by atoms with van der Waals surface area (Å²) in [6.07, 6.45) is 3.86. The van der Waals surface area contributed by atoms with Crippen molar-refractivity contribution in [3.05, 3.63) is 21.6 Å². The van der Waals surface area contributed by atoms with Crippen LogP contribution in [0.15, 0.2) is 11.0 Å². The molecule has 1 saturated heterocycles. The maximum Gasteiger partial charge on any atom is 0.285 e. The van der Waals surface area contributed by atoms with Gasteiger partial charge in [-0.05, 0) is 32.4 Å². The summed E-state index contributed by atoms with van der Waals surface area (Å²) in [7, 11) is 1.98. The van der Waals surface area contributed by atoms with Crippen LogP contribution < -0.4 is 15.8 Å². The number of piperidine rings is 1. The maximum absolute atomic E-state index is 11.4. The van der Waals surface area contributed by atoms with Gasteiger partial charge in [0.1, 0.15) is 5.02 Å². The first-order chi connectivity index (χ1) is 8.22. The SMILES string of the molecule is CNCC1CCN(c2cn[nH]c(=O)c2Cl)CC1. The van der Waals surface area contributed by atoms with E-state index in [1.807, 2.05) is 7.05 Å². The van der Waals surface area contributed by atoms with E-state index < -0.39 is 0 Å². The maximum atomic E-state index is 11.4. The van der Waals surface area contributed by atoms with Crippen molar-refractivity contribution in [1.82, 2.24) is 15.5 Å². The van der Waals surface area contributed by atoms with Gasteiger partial charge in [0.15, 0.2) is 0 Å². The van der Waals surface area contributed by atoms with Gasteiger partial charge in [-0.3, -0.25) is 4.79 Å². The van der Waals surface area contributed by atoms with Crippen molar-refractivity contribution in [2.45, 2.75) is 12.8 Å². The van der Waals surface area contributed by atoms with Crippen molar-refractivity contribution in [2.24, 2.45) is 5.92 Å². The Balaban J connectivity index is 2.05. The summed E-state index contributed by atoms with van der Waals surface area (Å²) in [5.74, 6) is 0.713. The van der Waals surface area contributed by atoms with Gasteiger partial charge in [0, 0.05) is 13.1 Å². The lowest BCUT2D eigenvalue weighted by atomic mass is 9.96. The smallest absolute Gasteiger partial charge is 0.285 e. The third-order valence-electron chi connectivity index (χ3n) is 3.23. The number of hydrogen-bond acceptors (Lipinski definition) is 4. The summed E-state index contributed by atoms with van der Waals surface area (Å²) in [6.45, 7) is 2.91. The average Bonchev–Trinajstić information content (AvgIpc) is 2.34. The molecule has 0 spiro atoms. The Hall–Kier alpha value is -1.07. The van der Waals surface area contributed by atoms with Crippen molar-refractivity contribution in [3.8, 4) is 0 Å². The second-order valence-electron chi connectivity index (χ2n) is 4.39. The predicted octanol–water partition coefficient (Wildman–Crippen LogP) is 0.859. The van der Waals surface area contributed by atoms with E-state index in [1.165, 1.54) is 0 Å².